The average Bonchev–Trinajstić information content (AvgIpc) is 2.23. The summed E-state index contributed by atoms with van der Waals surface area (Å²) in [5.74, 6) is 0. The highest BCUT2D eigenvalue weighted by Crippen LogP contribution is 2.19. The van der Waals surface area contributed by atoms with E-state index < -0.39 is 24.4 Å². The van der Waals surface area contributed by atoms with E-state index in [1.807, 2.05) is 4.90 Å². The van der Waals surface area contributed by atoms with Gasteiger partial charge in [0.25, 0.3) is 0 Å². The Balaban J connectivity index is 0.00000225. The van der Waals surface area contributed by atoms with Gasteiger partial charge in [-0.1, -0.05) is 13.3 Å². The summed E-state index contributed by atoms with van der Waals surface area (Å²) in [6, 6.07) is -0.463. The van der Waals surface area contributed by atoms with Crippen molar-refractivity contribution < 1.29 is 20.4 Å². The molecule has 0 saturated carbocycles. The standard InChI is InChI=1S/C10H21NO4.ClH/c1-2-3-4-11-5-8(13)10(15)9(14)7(11)6-12;/h7-10,12-15H,2-6H2,1H3;1H/t7-,8-,9-,10-;/m1./s1. The molecule has 5 nitrogen and oxygen atoms in total. The lowest BCUT2D eigenvalue weighted by Crippen LogP contribution is -2.62. The zero-order valence-electron chi connectivity index (χ0n) is 9.49. The van der Waals surface area contributed by atoms with Gasteiger partial charge in [0, 0.05) is 6.54 Å². The molecule has 0 aromatic rings. The number of aliphatic hydroxyl groups is 4. The number of halogens is 1. The van der Waals surface area contributed by atoms with Crippen molar-refractivity contribution in [3.8, 4) is 0 Å². The maximum absolute atomic E-state index is 9.67. The van der Waals surface area contributed by atoms with Crippen molar-refractivity contribution in [3.05, 3.63) is 0 Å². The zero-order valence-corrected chi connectivity index (χ0v) is 10.3. The van der Waals surface area contributed by atoms with E-state index in [1.54, 1.807) is 0 Å². The van der Waals surface area contributed by atoms with Crippen molar-refractivity contribution in [3.63, 3.8) is 0 Å². The molecule has 0 radical (unpaired) electrons. The van der Waals surface area contributed by atoms with Crippen LogP contribution in [0.25, 0.3) is 0 Å². The summed E-state index contributed by atoms with van der Waals surface area (Å²) in [6.07, 6.45) is -1.19. The second-order valence-electron chi connectivity index (χ2n) is 4.15. The van der Waals surface area contributed by atoms with Crippen LogP contribution in [-0.2, 0) is 0 Å². The van der Waals surface area contributed by atoms with E-state index in [2.05, 4.69) is 6.92 Å². The first kappa shape index (κ1) is 16.1. The molecule has 4 N–H and O–H groups in total. The molecule has 0 aliphatic carbocycles. The normalized spacial score (nSPS) is 35.8. The van der Waals surface area contributed by atoms with Crippen molar-refractivity contribution in [1.29, 1.82) is 0 Å². The maximum atomic E-state index is 9.67. The van der Waals surface area contributed by atoms with E-state index in [1.165, 1.54) is 0 Å². The van der Waals surface area contributed by atoms with Crippen LogP contribution in [0.1, 0.15) is 19.8 Å². The third-order valence-corrected chi connectivity index (χ3v) is 3.01. The summed E-state index contributed by atoms with van der Waals surface area (Å²) < 4.78 is 0. The van der Waals surface area contributed by atoms with Gasteiger partial charge in [0.1, 0.15) is 12.2 Å². The number of aliphatic hydroxyl groups excluding tert-OH is 4. The second kappa shape index (κ2) is 7.42. The van der Waals surface area contributed by atoms with Gasteiger partial charge in [-0.3, -0.25) is 4.90 Å². The van der Waals surface area contributed by atoms with Crippen LogP contribution in [-0.4, -0.2) is 69.4 Å². The molecular weight excluding hydrogens is 234 g/mol. The highest BCUT2D eigenvalue weighted by Gasteiger charge is 2.40. The Morgan fingerprint density at radius 1 is 1.19 bits per heavy atom. The molecule has 0 aromatic heterocycles. The quantitative estimate of drug-likeness (QED) is 0.516. The summed E-state index contributed by atoms with van der Waals surface area (Å²) in [4.78, 5) is 1.84. The van der Waals surface area contributed by atoms with E-state index >= 15 is 0 Å². The van der Waals surface area contributed by atoms with Gasteiger partial charge in [-0.05, 0) is 13.0 Å². The minimum atomic E-state index is -1.15. The molecule has 16 heavy (non-hydrogen) atoms. The topological polar surface area (TPSA) is 84.2 Å². The number of rotatable bonds is 4. The van der Waals surface area contributed by atoms with Crippen LogP contribution in [0.4, 0.5) is 0 Å². The summed E-state index contributed by atoms with van der Waals surface area (Å²) in [5, 5.41) is 37.8. The Kier molecular flexibility index (Phi) is 7.46. The first-order chi connectivity index (χ1) is 7.11. The monoisotopic (exact) mass is 255 g/mol. The Morgan fingerprint density at radius 2 is 1.81 bits per heavy atom. The summed E-state index contributed by atoms with van der Waals surface area (Å²) in [7, 11) is 0. The highest BCUT2D eigenvalue weighted by molar-refractivity contribution is 5.85. The fourth-order valence-electron chi connectivity index (χ4n) is 2.00. The Morgan fingerprint density at radius 3 is 2.31 bits per heavy atom. The Bertz CT molecular complexity index is 196. The Labute approximate surface area is 102 Å². The molecule has 4 atom stereocenters. The second-order valence-corrected chi connectivity index (χ2v) is 4.15. The summed E-state index contributed by atoms with van der Waals surface area (Å²) in [5.41, 5.74) is 0. The zero-order chi connectivity index (χ0) is 11.4. The third kappa shape index (κ3) is 3.55. The van der Waals surface area contributed by atoms with E-state index in [0.29, 0.717) is 6.54 Å². The van der Waals surface area contributed by atoms with Gasteiger partial charge in [-0.2, -0.15) is 0 Å². The SMILES string of the molecule is CCCCN1C[C@@H](O)[C@@H](O)[C@H](O)[C@H]1CO.Cl. The van der Waals surface area contributed by atoms with Crippen molar-refractivity contribution in [2.45, 2.75) is 44.1 Å². The van der Waals surface area contributed by atoms with Gasteiger partial charge in [-0.25, -0.2) is 0 Å². The van der Waals surface area contributed by atoms with Gasteiger partial charge in [0.05, 0.1) is 18.8 Å². The molecule has 1 fully saturated rings. The first-order valence-electron chi connectivity index (χ1n) is 5.51. The molecule has 0 spiro atoms. The molecule has 1 aliphatic heterocycles. The van der Waals surface area contributed by atoms with Crippen LogP contribution >= 0.6 is 12.4 Å². The van der Waals surface area contributed by atoms with E-state index in [9.17, 15) is 15.3 Å². The third-order valence-electron chi connectivity index (χ3n) is 3.01. The molecular formula is C10H22ClNO4. The molecule has 0 amide bonds. The number of hydrogen-bond acceptors (Lipinski definition) is 5. The predicted octanol–water partition coefficient (Wildman–Crippen LogP) is -1.03. The minimum Gasteiger partial charge on any atom is -0.395 e. The summed E-state index contributed by atoms with van der Waals surface area (Å²) >= 11 is 0. The number of likely N-dealkylation sites (tertiary alicyclic amines) is 1. The van der Waals surface area contributed by atoms with E-state index in [0.717, 1.165) is 19.4 Å². The van der Waals surface area contributed by atoms with Crippen molar-refractivity contribution in [2.24, 2.45) is 0 Å². The molecule has 1 heterocycles. The van der Waals surface area contributed by atoms with E-state index in [4.69, 9.17) is 5.11 Å². The predicted molar refractivity (Wildman–Crippen MR) is 62.6 cm³/mol. The van der Waals surface area contributed by atoms with Gasteiger partial charge in [0.2, 0.25) is 0 Å². The number of unbranched alkanes of at least 4 members (excludes halogenated alkanes) is 1. The molecule has 6 heteroatoms. The van der Waals surface area contributed by atoms with Crippen molar-refractivity contribution >= 4 is 12.4 Å². The van der Waals surface area contributed by atoms with Crippen molar-refractivity contribution in [2.75, 3.05) is 19.7 Å². The molecule has 0 unspecified atom stereocenters. The van der Waals surface area contributed by atoms with Gasteiger partial charge < -0.3 is 20.4 Å². The number of β-amino-alcohol motifs (C(OH)–C–C–N with tert-alkyl or cyclic N) is 1. The molecule has 98 valence electrons. The maximum Gasteiger partial charge on any atom is 0.109 e. The smallest absolute Gasteiger partial charge is 0.109 e. The lowest BCUT2D eigenvalue weighted by atomic mass is 9.94. The van der Waals surface area contributed by atoms with Crippen LogP contribution < -0.4 is 0 Å². The molecule has 1 aliphatic rings. The largest absolute Gasteiger partial charge is 0.395 e. The molecule has 0 aromatic carbocycles. The van der Waals surface area contributed by atoms with Crippen LogP contribution in [0.2, 0.25) is 0 Å². The fourth-order valence-corrected chi connectivity index (χ4v) is 2.00. The van der Waals surface area contributed by atoms with Crippen LogP contribution in [0.3, 0.4) is 0 Å². The van der Waals surface area contributed by atoms with E-state index in [-0.39, 0.29) is 19.0 Å². The molecule has 1 rings (SSSR count). The van der Waals surface area contributed by atoms with Gasteiger partial charge in [0.15, 0.2) is 0 Å². The highest BCUT2D eigenvalue weighted by atomic mass is 35.5. The molecule has 1 saturated heterocycles. The number of nitrogens with zero attached hydrogens (tertiary/aromatic N) is 1. The lowest BCUT2D eigenvalue weighted by molar-refractivity contribution is -0.145. The van der Waals surface area contributed by atoms with Crippen molar-refractivity contribution in [1.82, 2.24) is 4.90 Å². The number of hydrogen-bond donors (Lipinski definition) is 4. The average molecular weight is 256 g/mol. The summed E-state index contributed by atoms with van der Waals surface area (Å²) in [6.45, 7) is 2.89. The molecule has 0 bridgehead atoms. The van der Waals surface area contributed by atoms with Crippen LogP contribution in [0, 0.1) is 0 Å². The van der Waals surface area contributed by atoms with Gasteiger partial charge in [-0.15, -0.1) is 12.4 Å². The minimum absolute atomic E-state index is 0. The Hall–Kier alpha value is 0.0900. The van der Waals surface area contributed by atoms with Gasteiger partial charge >= 0.3 is 0 Å². The number of piperidine rings is 1. The lowest BCUT2D eigenvalue weighted by Gasteiger charge is -2.43. The van der Waals surface area contributed by atoms with Crippen LogP contribution in [0.15, 0.2) is 0 Å². The fraction of sp³-hybridized carbons (Fsp3) is 1.00. The van der Waals surface area contributed by atoms with Crippen LogP contribution in [0.5, 0.6) is 0 Å². The first-order valence-corrected chi connectivity index (χ1v) is 5.51.